The summed E-state index contributed by atoms with van der Waals surface area (Å²) in [5.74, 6) is -1.75. The first-order valence-corrected chi connectivity index (χ1v) is 7.41. The molecule has 0 amide bonds. The fraction of sp³-hybridized carbons (Fsp3) is 0.857. The van der Waals surface area contributed by atoms with Gasteiger partial charge in [0.25, 0.3) is 0 Å². The summed E-state index contributed by atoms with van der Waals surface area (Å²) in [7, 11) is 0. The SMILES string of the molecule is CC(=O)OCC1CC(OCCCCC(=O)O)C(N)C(O)C1O. The highest BCUT2D eigenvalue weighted by atomic mass is 16.5. The monoisotopic (exact) mass is 319 g/mol. The molecule has 128 valence electrons. The normalized spacial score (nSPS) is 31.7. The molecule has 0 heterocycles. The molecule has 1 saturated carbocycles. The van der Waals surface area contributed by atoms with Crippen LogP contribution >= 0.6 is 0 Å². The van der Waals surface area contributed by atoms with Gasteiger partial charge < -0.3 is 30.5 Å². The van der Waals surface area contributed by atoms with Crippen molar-refractivity contribution in [1.29, 1.82) is 0 Å². The molecule has 22 heavy (non-hydrogen) atoms. The third kappa shape index (κ3) is 5.88. The van der Waals surface area contributed by atoms with Gasteiger partial charge in [0.2, 0.25) is 0 Å². The van der Waals surface area contributed by atoms with Crippen LogP contribution in [0.15, 0.2) is 0 Å². The quantitative estimate of drug-likeness (QED) is 0.339. The molecule has 0 saturated heterocycles. The Morgan fingerprint density at radius 2 is 1.91 bits per heavy atom. The third-order valence-electron chi connectivity index (χ3n) is 3.81. The Morgan fingerprint density at radius 3 is 2.50 bits per heavy atom. The molecule has 0 radical (unpaired) electrons. The highest BCUT2D eigenvalue weighted by Gasteiger charge is 2.42. The highest BCUT2D eigenvalue weighted by Crippen LogP contribution is 2.27. The average Bonchev–Trinajstić information content (AvgIpc) is 2.45. The van der Waals surface area contributed by atoms with Crippen LogP contribution in [0.3, 0.4) is 0 Å². The molecule has 1 rings (SSSR count). The van der Waals surface area contributed by atoms with E-state index < -0.39 is 42.2 Å². The summed E-state index contributed by atoms with van der Waals surface area (Å²) >= 11 is 0. The zero-order chi connectivity index (χ0) is 16.7. The molecule has 0 aromatic carbocycles. The summed E-state index contributed by atoms with van der Waals surface area (Å²) in [5.41, 5.74) is 5.86. The number of carbonyl (C=O) groups excluding carboxylic acids is 1. The maximum absolute atomic E-state index is 10.8. The number of aliphatic hydroxyl groups is 2. The van der Waals surface area contributed by atoms with Gasteiger partial charge in [0, 0.05) is 25.9 Å². The van der Waals surface area contributed by atoms with Crippen molar-refractivity contribution < 1.29 is 34.4 Å². The Balaban J connectivity index is 2.43. The van der Waals surface area contributed by atoms with Gasteiger partial charge in [-0.2, -0.15) is 0 Å². The molecule has 1 fully saturated rings. The first kappa shape index (κ1) is 18.8. The predicted molar refractivity (Wildman–Crippen MR) is 76.0 cm³/mol. The van der Waals surface area contributed by atoms with Crippen molar-refractivity contribution in [2.45, 2.75) is 57.0 Å². The Hall–Kier alpha value is -1.22. The van der Waals surface area contributed by atoms with E-state index in [1.165, 1.54) is 6.92 Å². The summed E-state index contributed by atoms with van der Waals surface area (Å²) in [6.45, 7) is 1.60. The van der Waals surface area contributed by atoms with Crippen LogP contribution in [0, 0.1) is 5.92 Å². The van der Waals surface area contributed by atoms with E-state index in [4.69, 9.17) is 20.3 Å². The number of aliphatic hydroxyl groups excluding tert-OH is 2. The predicted octanol–water partition coefficient (Wildman–Crippen LogP) is -0.741. The molecule has 0 bridgehead atoms. The molecule has 8 nitrogen and oxygen atoms in total. The lowest BCUT2D eigenvalue weighted by atomic mass is 9.80. The smallest absolute Gasteiger partial charge is 0.303 e. The van der Waals surface area contributed by atoms with Crippen molar-refractivity contribution in [1.82, 2.24) is 0 Å². The molecule has 5 unspecified atom stereocenters. The number of hydrogen-bond acceptors (Lipinski definition) is 7. The molecular weight excluding hydrogens is 294 g/mol. The number of unbranched alkanes of at least 4 members (excludes halogenated alkanes) is 1. The molecule has 8 heteroatoms. The fourth-order valence-corrected chi connectivity index (χ4v) is 2.50. The van der Waals surface area contributed by atoms with E-state index in [0.717, 1.165) is 0 Å². The Kier molecular flexibility index (Phi) is 7.74. The number of ether oxygens (including phenoxy) is 2. The molecular formula is C14H25NO7. The van der Waals surface area contributed by atoms with E-state index in [2.05, 4.69) is 0 Å². The van der Waals surface area contributed by atoms with Crippen molar-refractivity contribution in [2.24, 2.45) is 11.7 Å². The standard InChI is InChI=1S/C14H25NO7/c1-8(16)22-7-9-6-10(12(15)14(20)13(9)19)21-5-3-2-4-11(17)18/h9-10,12-14,19-20H,2-7,15H2,1H3,(H,17,18). The Morgan fingerprint density at radius 1 is 1.23 bits per heavy atom. The topological polar surface area (TPSA) is 139 Å². The lowest BCUT2D eigenvalue weighted by Crippen LogP contribution is -2.59. The lowest BCUT2D eigenvalue weighted by Gasteiger charge is -2.40. The fourth-order valence-electron chi connectivity index (χ4n) is 2.50. The third-order valence-corrected chi connectivity index (χ3v) is 3.81. The van der Waals surface area contributed by atoms with Crippen LogP contribution in [0.4, 0.5) is 0 Å². The van der Waals surface area contributed by atoms with Gasteiger partial charge in [-0.3, -0.25) is 9.59 Å². The van der Waals surface area contributed by atoms with Crippen molar-refractivity contribution in [3.8, 4) is 0 Å². The van der Waals surface area contributed by atoms with Crippen LogP contribution in [-0.4, -0.2) is 64.8 Å². The summed E-state index contributed by atoms with van der Waals surface area (Å²) in [5, 5.41) is 28.5. The van der Waals surface area contributed by atoms with Gasteiger partial charge in [0.05, 0.1) is 31.0 Å². The van der Waals surface area contributed by atoms with Crippen molar-refractivity contribution in [3.63, 3.8) is 0 Å². The van der Waals surface area contributed by atoms with Crippen molar-refractivity contribution in [3.05, 3.63) is 0 Å². The minimum absolute atomic E-state index is 0.000839. The first-order chi connectivity index (χ1) is 10.3. The minimum Gasteiger partial charge on any atom is -0.481 e. The van der Waals surface area contributed by atoms with Crippen LogP contribution in [0.1, 0.15) is 32.6 Å². The number of hydrogen-bond donors (Lipinski definition) is 4. The molecule has 0 aromatic rings. The second-order valence-electron chi connectivity index (χ2n) is 5.62. The van der Waals surface area contributed by atoms with Crippen molar-refractivity contribution >= 4 is 11.9 Å². The Labute approximate surface area is 129 Å². The molecule has 0 aromatic heterocycles. The van der Waals surface area contributed by atoms with E-state index in [1.807, 2.05) is 0 Å². The maximum Gasteiger partial charge on any atom is 0.303 e. The molecule has 0 spiro atoms. The lowest BCUT2D eigenvalue weighted by molar-refractivity contribution is -0.153. The van der Waals surface area contributed by atoms with Gasteiger partial charge in [-0.05, 0) is 19.3 Å². The zero-order valence-electron chi connectivity index (χ0n) is 12.7. The second kappa shape index (κ2) is 9.04. The summed E-state index contributed by atoms with van der Waals surface area (Å²) in [4.78, 5) is 21.3. The van der Waals surface area contributed by atoms with Crippen LogP contribution in [0.25, 0.3) is 0 Å². The number of carbonyl (C=O) groups is 2. The van der Waals surface area contributed by atoms with Crippen LogP contribution in [0.2, 0.25) is 0 Å². The highest BCUT2D eigenvalue weighted by molar-refractivity contribution is 5.66. The largest absolute Gasteiger partial charge is 0.481 e. The number of aliphatic carboxylic acids is 1. The van der Waals surface area contributed by atoms with Gasteiger partial charge >= 0.3 is 11.9 Å². The average molecular weight is 319 g/mol. The van der Waals surface area contributed by atoms with Gasteiger partial charge in [-0.15, -0.1) is 0 Å². The van der Waals surface area contributed by atoms with E-state index in [1.54, 1.807) is 0 Å². The van der Waals surface area contributed by atoms with E-state index >= 15 is 0 Å². The summed E-state index contributed by atoms with van der Waals surface area (Å²) in [6, 6.07) is -0.733. The van der Waals surface area contributed by atoms with E-state index in [0.29, 0.717) is 25.9 Å². The second-order valence-corrected chi connectivity index (χ2v) is 5.62. The number of rotatable bonds is 8. The number of nitrogens with two attached hydrogens (primary N) is 1. The zero-order valence-corrected chi connectivity index (χ0v) is 12.7. The first-order valence-electron chi connectivity index (χ1n) is 7.41. The summed E-state index contributed by atoms with van der Waals surface area (Å²) in [6.07, 6.45) is -1.17. The molecule has 1 aliphatic carbocycles. The van der Waals surface area contributed by atoms with Gasteiger partial charge in [-0.25, -0.2) is 0 Å². The van der Waals surface area contributed by atoms with Gasteiger partial charge in [0.1, 0.15) is 0 Å². The van der Waals surface area contributed by atoms with E-state index in [9.17, 15) is 19.8 Å². The summed E-state index contributed by atoms with van der Waals surface area (Å²) < 4.78 is 10.5. The number of carboxylic acids is 1. The molecule has 1 aliphatic rings. The van der Waals surface area contributed by atoms with Gasteiger partial charge in [-0.1, -0.05) is 0 Å². The van der Waals surface area contributed by atoms with Crippen LogP contribution in [0.5, 0.6) is 0 Å². The molecule has 5 N–H and O–H groups in total. The van der Waals surface area contributed by atoms with Crippen molar-refractivity contribution in [2.75, 3.05) is 13.2 Å². The minimum atomic E-state index is -1.15. The number of esters is 1. The van der Waals surface area contributed by atoms with Gasteiger partial charge in [0.15, 0.2) is 0 Å². The maximum atomic E-state index is 10.8. The van der Waals surface area contributed by atoms with E-state index in [-0.39, 0.29) is 13.0 Å². The Bertz CT molecular complexity index is 376. The molecule has 5 atom stereocenters. The van der Waals surface area contributed by atoms with Crippen LogP contribution in [-0.2, 0) is 19.1 Å². The number of carboxylic acid groups (broad SMARTS) is 1. The van der Waals surface area contributed by atoms with Crippen LogP contribution < -0.4 is 5.73 Å². The molecule has 0 aliphatic heterocycles.